The molecule has 0 unspecified atom stereocenters. The van der Waals surface area contributed by atoms with E-state index in [-0.39, 0.29) is 23.0 Å². The lowest BCUT2D eigenvalue weighted by Gasteiger charge is -2.09. The van der Waals surface area contributed by atoms with Crippen molar-refractivity contribution in [1.29, 1.82) is 5.26 Å². The maximum absolute atomic E-state index is 12.4. The molecular weight excluding hydrogens is 244 g/mol. The Morgan fingerprint density at radius 1 is 1.67 bits per heavy atom. The minimum atomic E-state index is -2.70. The van der Waals surface area contributed by atoms with Gasteiger partial charge < -0.3 is 5.32 Å². The molecule has 1 aromatic rings. The predicted molar refractivity (Wildman–Crippen MR) is 55.6 cm³/mol. The summed E-state index contributed by atoms with van der Waals surface area (Å²) in [5.41, 5.74) is 0. The largest absolute Gasteiger partial charge is 0.361 e. The smallest absolute Gasteiger partial charge is 0.247 e. The van der Waals surface area contributed by atoms with Gasteiger partial charge in [-0.05, 0) is 6.92 Å². The molecule has 0 aliphatic carbocycles. The van der Waals surface area contributed by atoms with Crippen LogP contribution in [0, 0.1) is 11.3 Å². The summed E-state index contributed by atoms with van der Waals surface area (Å²) in [6.45, 7) is 0.947. The Morgan fingerprint density at radius 2 is 2.33 bits per heavy atom. The first-order valence-corrected chi connectivity index (χ1v) is 5.30. The Hall–Kier alpha value is -0.930. The van der Waals surface area contributed by atoms with Crippen molar-refractivity contribution in [2.45, 2.75) is 19.3 Å². The highest BCUT2D eigenvalue weighted by molar-refractivity contribution is 7.16. The maximum atomic E-state index is 12.4. The van der Waals surface area contributed by atoms with Crippen LogP contribution in [-0.4, -0.2) is 17.5 Å². The van der Waals surface area contributed by atoms with Gasteiger partial charge >= 0.3 is 0 Å². The van der Waals surface area contributed by atoms with Crippen LogP contribution in [-0.2, 0) is 0 Å². The van der Waals surface area contributed by atoms with Gasteiger partial charge in [0.1, 0.15) is 10.9 Å². The predicted octanol–water partition coefficient (Wildman–Crippen LogP) is 3.13. The average molecular weight is 252 g/mol. The molecule has 1 N–H and O–H groups in total. The third-order valence-corrected chi connectivity index (χ3v) is 2.83. The molecule has 15 heavy (non-hydrogen) atoms. The summed E-state index contributed by atoms with van der Waals surface area (Å²) in [6.07, 6.45) is -0.286. The van der Waals surface area contributed by atoms with Gasteiger partial charge in [-0.3, -0.25) is 0 Å². The molecule has 0 spiro atoms. The van der Waals surface area contributed by atoms with Gasteiger partial charge in [-0.2, -0.15) is 5.26 Å². The van der Waals surface area contributed by atoms with Gasteiger partial charge in [0, 0.05) is 13.0 Å². The number of rotatable bonds is 4. The van der Waals surface area contributed by atoms with Crippen molar-refractivity contribution < 1.29 is 8.78 Å². The van der Waals surface area contributed by atoms with Gasteiger partial charge in [-0.1, -0.05) is 22.9 Å². The zero-order valence-corrected chi connectivity index (χ0v) is 9.42. The molecule has 1 heterocycles. The number of nitrogens with zero attached hydrogens (tertiary/aromatic N) is 2. The molecule has 1 aromatic heterocycles. The van der Waals surface area contributed by atoms with Crippen LogP contribution < -0.4 is 5.32 Å². The van der Waals surface area contributed by atoms with E-state index in [9.17, 15) is 8.78 Å². The minimum Gasteiger partial charge on any atom is -0.361 e. The Bertz CT molecular complexity index is 380. The molecular formula is C8H8ClF2N3S. The molecule has 0 fully saturated rings. The Morgan fingerprint density at radius 3 is 2.80 bits per heavy atom. The first kappa shape index (κ1) is 12.1. The van der Waals surface area contributed by atoms with Crippen LogP contribution in [0.5, 0.6) is 0 Å². The number of nitrogens with one attached hydrogen (secondary N) is 1. The van der Waals surface area contributed by atoms with Crippen molar-refractivity contribution in [3.05, 3.63) is 10.0 Å². The number of hydrogen-bond donors (Lipinski definition) is 1. The van der Waals surface area contributed by atoms with Crippen molar-refractivity contribution >= 4 is 28.1 Å². The Balaban J connectivity index is 2.49. The van der Waals surface area contributed by atoms with E-state index in [4.69, 9.17) is 16.9 Å². The number of hydrogen-bond acceptors (Lipinski definition) is 4. The maximum Gasteiger partial charge on any atom is 0.247 e. The molecule has 0 radical (unpaired) electrons. The summed E-state index contributed by atoms with van der Waals surface area (Å²) in [7, 11) is 0. The number of alkyl halides is 2. The van der Waals surface area contributed by atoms with Crippen molar-refractivity contribution in [1.82, 2.24) is 4.98 Å². The Labute approximate surface area is 94.7 Å². The zero-order chi connectivity index (χ0) is 11.5. The Kier molecular flexibility index (Phi) is 3.83. The molecule has 0 saturated heterocycles. The molecule has 0 atom stereocenters. The fraction of sp³-hybridized carbons (Fsp3) is 0.500. The fourth-order valence-corrected chi connectivity index (χ4v) is 1.81. The summed E-state index contributed by atoms with van der Waals surface area (Å²) in [5.74, 6) is -2.70. The van der Waals surface area contributed by atoms with Crippen molar-refractivity contribution in [2.24, 2.45) is 0 Å². The summed E-state index contributed by atoms with van der Waals surface area (Å²) in [5, 5.41) is 11.8. The van der Waals surface area contributed by atoms with Crippen LogP contribution in [0.2, 0.25) is 5.15 Å². The van der Waals surface area contributed by atoms with E-state index in [1.807, 2.05) is 6.07 Å². The molecule has 1 rings (SSSR count). The molecule has 7 heteroatoms. The second-order valence-electron chi connectivity index (χ2n) is 3.00. The monoisotopic (exact) mass is 251 g/mol. The third kappa shape index (κ3) is 3.98. The first-order valence-electron chi connectivity index (χ1n) is 4.10. The highest BCUT2D eigenvalue weighted by Crippen LogP contribution is 2.26. The summed E-state index contributed by atoms with van der Waals surface area (Å²) in [6, 6.07) is 1.86. The summed E-state index contributed by atoms with van der Waals surface area (Å²) < 4.78 is 24.9. The summed E-state index contributed by atoms with van der Waals surface area (Å²) in [4.78, 5) is 4.09. The van der Waals surface area contributed by atoms with Crippen molar-refractivity contribution in [3.8, 4) is 6.07 Å². The normalized spacial score (nSPS) is 11.1. The summed E-state index contributed by atoms with van der Waals surface area (Å²) >= 11 is 6.65. The van der Waals surface area contributed by atoms with Crippen LogP contribution in [0.4, 0.5) is 13.9 Å². The second-order valence-corrected chi connectivity index (χ2v) is 4.35. The van der Waals surface area contributed by atoms with Gasteiger partial charge in [0.05, 0.1) is 0 Å². The average Bonchev–Trinajstić information content (AvgIpc) is 2.44. The van der Waals surface area contributed by atoms with Crippen LogP contribution in [0.3, 0.4) is 0 Å². The van der Waals surface area contributed by atoms with Gasteiger partial charge in [0.15, 0.2) is 10.3 Å². The van der Waals surface area contributed by atoms with E-state index < -0.39 is 5.92 Å². The second kappa shape index (κ2) is 4.73. The molecule has 0 bridgehead atoms. The molecule has 0 aliphatic heterocycles. The third-order valence-electron chi connectivity index (χ3n) is 1.53. The van der Waals surface area contributed by atoms with E-state index in [0.29, 0.717) is 5.13 Å². The minimum absolute atomic E-state index is 0.0954. The van der Waals surface area contributed by atoms with E-state index >= 15 is 0 Å². The van der Waals surface area contributed by atoms with Crippen molar-refractivity contribution in [3.63, 3.8) is 0 Å². The lowest BCUT2D eigenvalue weighted by Crippen LogP contribution is -2.15. The van der Waals surface area contributed by atoms with E-state index in [2.05, 4.69) is 10.3 Å². The van der Waals surface area contributed by atoms with Crippen LogP contribution >= 0.6 is 22.9 Å². The molecule has 3 nitrogen and oxygen atoms in total. The van der Waals surface area contributed by atoms with Gasteiger partial charge in [-0.15, -0.1) is 0 Å². The number of thiazole rings is 1. The van der Waals surface area contributed by atoms with Crippen LogP contribution in [0.1, 0.15) is 18.2 Å². The zero-order valence-electron chi connectivity index (χ0n) is 7.85. The molecule has 0 saturated carbocycles. The number of aromatic nitrogens is 1. The number of anilines is 1. The van der Waals surface area contributed by atoms with Gasteiger partial charge in [0.2, 0.25) is 5.92 Å². The van der Waals surface area contributed by atoms with Gasteiger partial charge in [-0.25, -0.2) is 13.8 Å². The SMILES string of the molecule is CC(F)(F)CCNc1nc(Cl)c(C#N)s1. The lowest BCUT2D eigenvalue weighted by atomic mass is 10.3. The molecule has 0 amide bonds. The lowest BCUT2D eigenvalue weighted by molar-refractivity contribution is 0.0167. The topological polar surface area (TPSA) is 48.7 Å². The highest BCUT2D eigenvalue weighted by Gasteiger charge is 2.20. The molecule has 82 valence electrons. The van der Waals surface area contributed by atoms with Crippen molar-refractivity contribution in [2.75, 3.05) is 11.9 Å². The number of nitriles is 1. The quantitative estimate of drug-likeness (QED) is 0.894. The van der Waals surface area contributed by atoms with E-state index in [0.717, 1.165) is 18.3 Å². The molecule has 0 aromatic carbocycles. The van der Waals surface area contributed by atoms with E-state index in [1.54, 1.807) is 0 Å². The molecule has 0 aliphatic rings. The van der Waals surface area contributed by atoms with E-state index in [1.165, 1.54) is 0 Å². The van der Waals surface area contributed by atoms with Gasteiger partial charge in [0.25, 0.3) is 0 Å². The number of halogens is 3. The standard InChI is InChI=1S/C8H8ClF2N3S/c1-8(10,11)2-3-13-7-14-6(9)5(4-12)15-7/h2-3H2,1H3,(H,13,14). The van der Waals surface area contributed by atoms with Crippen LogP contribution in [0.25, 0.3) is 0 Å². The first-order chi connectivity index (χ1) is 6.92. The van der Waals surface area contributed by atoms with Crippen LogP contribution in [0.15, 0.2) is 0 Å². The fourth-order valence-electron chi connectivity index (χ4n) is 0.835. The highest BCUT2D eigenvalue weighted by atomic mass is 35.5.